The Kier molecular flexibility index (Phi) is 6.03. The van der Waals surface area contributed by atoms with Gasteiger partial charge in [0.25, 0.3) is 0 Å². The summed E-state index contributed by atoms with van der Waals surface area (Å²) >= 11 is 1.89. The van der Waals surface area contributed by atoms with Gasteiger partial charge in [0, 0.05) is 30.2 Å². The molecule has 0 saturated heterocycles. The van der Waals surface area contributed by atoms with Gasteiger partial charge in [0.05, 0.1) is 5.52 Å². The Morgan fingerprint density at radius 1 is 1.29 bits per heavy atom. The van der Waals surface area contributed by atoms with Crippen LogP contribution in [0.25, 0.3) is 10.9 Å². The van der Waals surface area contributed by atoms with Crippen molar-refractivity contribution in [3.63, 3.8) is 0 Å². The maximum absolute atomic E-state index is 6.09. The number of thioether (sulfide) groups is 1. The summed E-state index contributed by atoms with van der Waals surface area (Å²) < 4.78 is 0. The molecule has 0 amide bonds. The average molecular weight is 303 g/mol. The number of pyridine rings is 1. The second kappa shape index (κ2) is 7.78. The SMILES string of the molecule is CSCCC(C)N(C)C(CN)c1cccc2cccnc12. The van der Waals surface area contributed by atoms with E-state index in [9.17, 15) is 0 Å². The molecular formula is C17H25N3S. The van der Waals surface area contributed by atoms with E-state index >= 15 is 0 Å². The van der Waals surface area contributed by atoms with E-state index in [1.165, 1.54) is 23.1 Å². The summed E-state index contributed by atoms with van der Waals surface area (Å²) in [4.78, 5) is 6.96. The number of nitrogens with zero attached hydrogens (tertiary/aromatic N) is 2. The Labute approximate surface area is 131 Å². The first-order valence-electron chi connectivity index (χ1n) is 7.43. The number of likely N-dealkylation sites (N-methyl/N-ethyl adjacent to an activating group) is 1. The zero-order valence-electron chi connectivity index (χ0n) is 13.1. The molecule has 4 heteroatoms. The first kappa shape index (κ1) is 16.3. The molecule has 1 aromatic heterocycles. The summed E-state index contributed by atoms with van der Waals surface area (Å²) in [6.07, 6.45) is 5.19. The number of para-hydroxylation sites is 1. The number of rotatable bonds is 7. The molecule has 0 aliphatic carbocycles. The van der Waals surface area contributed by atoms with Crippen molar-refractivity contribution in [3.05, 3.63) is 42.1 Å². The highest BCUT2D eigenvalue weighted by atomic mass is 32.2. The number of aromatic nitrogens is 1. The van der Waals surface area contributed by atoms with Gasteiger partial charge in [0.2, 0.25) is 0 Å². The zero-order chi connectivity index (χ0) is 15.2. The molecule has 2 atom stereocenters. The Hall–Kier alpha value is -1.10. The van der Waals surface area contributed by atoms with Crippen LogP contribution in [-0.4, -0.2) is 41.5 Å². The van der Waals surface area contributed by atoms with Gasteiger partial charge in [0.15, 0.2) is 0 Å². The van der Waals surface area contributed by atoms with Crippen molar-refractivity contribution in [2.75, 3.05) is 25.6 Å². The molecular weight excluding hydrogens is 278 g/mol. The summed E-state index contributed by atoms with van der Waals surface area (Å²) in [6.45, 7) is 2.88. The monoisotopic (exact) mass is 303 g/mol. The molecule has 21 heavy (non-hydrogen) atoms. The van der Waals surface area contributed by atoms with Crippen molar-refractivity contribution >= 4 is 22.7 Å². The largest absolute Gasteiger partial charge is 0.329 e. The predicted molar refractivity (Wildman–Crippen MR) is 93.8 cm³/mol. The van der Waals surface area contributed by atoms with Gasteiger partial charge in [-0.3, -0.25) is 9.88 Å². The molecule has 0 radical (unpaired) electrons. The van der Waals surface area contributed by atoms with Crippen LogP contribution >= 0.6 is 11.8 Å². The van der Waals surface area contributed by atoms with Gasteiger partial charge in [-0.1, -0.05) is 24.3 Å². The van der Waals surface area contributed by atoms with E-state index in [2.05, 4.69) is 54.4 Å². The topological polar surface area (TPSA) is 42.1 Å². The van der Waals surface area contributed by atoms with E-state index in [0.717, 1.165) is 5.52 Å². The summed E-state index contributed by atoms with van der Waals surface area (Å²) in [6, 6.07) is 11.2. The predicted octanol–water partition coefficient (Wildman–Crippen LogP) is 3.31. The zero-order valence-corrected chi connectivity index (χ0v) is 13.9. The Morgan fingerprint density at radius 3 is 2.76 bits per heavy atom. The third-order valence-electron chi connectivity index (χ3n) is 4.17. The maximum Gasteiger partial charge on any atom is 0.0750 e. The second-order valence-corrected chi connectivity index (χ2v) is 6.46. The van der Waals surface area contributed by atoms with E-state index in [0.29, 0.717) is 12.6 Å². The summed E-state index contributed by atoms with van der Waals surface area (Å²) in [7, 11) is 2.17. The van der Waals surface area contributed by atoms with Crippen molar-refractivity contribution in [1.29, 1.82) is 0 Å². The lowest BCUT2D eigenvalue weighted by atomic mass is 10.00. The molecule has 0 spiro atoms. The van der Waals surface area contributed by atoms with Gasteiger partial charge < -0.3 is 5.73 Å². The minimum absolute atomic E-state index is 0.209. The summed E-state index contributed by atoms with van der Waals surface area (Å²) in [5.74, 6) is 1.18. The van der Waals surface area contributed by atoms with Crippen LogP contribution < -0.4 is 5.73 Å². The van der Waals surface area contributed by atoms with E-state index < -0.39 is 0 Å². The van der Waals surface area contributed by atoms with Gasteiger partial charge in [-0.25, -0.2) is 0 Å². The number of benzene rings is 1. The van der Waals surface area contributed by atoms with Crippen LogP contribution in [0.5, 0.6) is 0 Å². The van der Waals surface area contributed by atoms with E-state index in [-0.39, 0.29) is 6.04 Å². The summed E-state index contributed by atoms with van der Waals surface area (Å²) in [5.41, 5.74) is 8.39. The van der Waals surface area contributed by atoms with Crippen molar-refractivity contribution in [3.8, 4) is 0 Å². The van der Waals surface area contributed by atoms with Gasteiger partial charge in [-0.15, -0.1) is 0 Å². The molecule has 0 fully saturated rings. The third-order valence-corrected chi connectivity index (χ3v) is 4.82. The molecule has 2 aromatic rings. The second-order valence-electron chi connectivity index (χ2n) is 5.47. The first-order chi connectivity index (χ1) is 10.2. The molecule has 1 heterocycles. The van der Waals surface area contributed by atoms with Crippen molar-refractivity contribution in [2.45, 2.75) is 25.4 Å². The lowest BCUT2D eigenvalue weighted by Gasteiger charge is -2.33. The highest BCUT2D eigenvalue weighted by Crippen LogP contribution is 2.27. The molecule has 2 unspecified atom stereocenters. The highest BCUT2D eigenvalue weighted by molar-refractivity contribution is 7.98. The van der Waals surface area contributed by atoms with Crippen LogP contribution in [-0.2, 0) is 0 Å². The van der Waals surface area contributed by atoms with Crippen LogP contribution in [0.2, 0.25) is 0 Å². The smallest absolute Gasteiger partial charge is 0.0750 e. The minimum atomic E-state index is 0.209. The number of hydrogen-bond acceptors (Lipinski definition) is 4. The lowest BCUT2D eigenvalue weighted by molar-refractivity contribution is 0.186. The van der Waals surface area contributed by atoms with Crippen molar-refractivity contribution in [2.24, 2.45) is 5.73 Å². The molecule has 2 rings (SSSR count). The number of hydrogen-bond donors (Lipinski definition) is 1. The Bertz CT molecular complexity index is 567. The fourth-order valence-corrected chi connectivity index (χ4v) is 3.29. The first-order valence-corrected chi connectivity index (χ1v) is 8.83. The molecule has 0 saturated carbocycles. The normalized spacial score (nSPS) is 14.5. The van der Waals surface area contributed by atoms with Crippen molar-refractivity contribution < 1.29 is 0 Å². The lowest BCUT2D eigenvalue weighted by Crippen LogP contribution is -2.37. The standard InChI is InChI=1S/C17H25N3S/c1-13(9-11-21-3)20(2)16(12-18)15-8-4-6-14-7-5-10-19-17(14)15/h4-8,10,13,16H,9,11-12,18H2,1-3H3. The molecule has 1 aromatic carbocycles. The molecule has 0 bridgehead atoms. The van der Waals surface area contributed by atoms with Crippen LogP contribution in [0, 0.1) is 0 Å². The molecule has 0 aliphatic heterocycles. The van der Waals surface area contributed by atoms with Crippen LogP contribution in [0.15, 0.2) is 36.5 Å². The van der Waals surface area contributed by atoms with Crippen LogP contribution in [0.1, 0.15) is 24.9 Å². The quantitative estimate of drug-likeness (QED) is 0.852. The highest BCUT2D eigenvalue weighted by Gasteiger charge is 2.22. The van der Waals surface area contributed by atoms with Crippen LogP contribution in [0.3, 0.4) is 0 Å². The molecule has 114 valence electrons. The van der Waals surface area contributed by atoms with E-state index in [1.54, 1.807) is 0 Å². The Balaban J connectivity index is 2.31. The molecule has 0 aliphatic rings. The van der Waals surface area contributed by atoms with Crippen molar-refractivity contribution in [1.82, 2.24) is 9.88 Å². The molecule has 2 N–H and O–H groups in total. The fourth-order valence-electron chi connectivity index (χ4n) is 2.71. The fraction of sp³-hybridized carbons (Fsp3) is 0.471. The third kappa shape index (κ3) is 3.76. The van der Waals surface area contributed by atoms with Crippen LogP contribution in [0.4, 0.5) is 0 Å². The maximum atomic E-state index is 6.09. The van der Waals surface area contributed by atoms with E-state index in [1.807, 2.05) is 24.0 Å². The number of nitrogens with two attached hydrogens (primary N) is 1. The van der Waals surface area contributed by atoms with Gasteiger partial charge >= 0.3 is 0 Å². The molecule has 3 nitrogen and oxygen atoms in total. The van der Waals surface area contributed by atoms with E-state index in [4.69, 9.17) is 5.73 Å². The van der Waals surface area contributed by atoms with Gasteiger partial charge in [-0.2, -0.15) is 11.8 Å². The van der Waals surface area contributed by atoms with Gasteiger partial charge in [-0.05, 0) is 44.0 Å². The summed E-state index contributed by atoms with van der Waals surface area (Å²) in [5, 5.41) is 1.18. The Morgan fingerprint density at radius 2 is 2.05 bits per heavy atom. The van der Waals surface area contributed by atoms with Gasteiger partial charge in [0.1, 0.15) is 0 Å². The number of fused-ring (bicyclic) bond motifs is 1. The average Bonchev–Trinajstić information content (AvgIpc) is 2.53. The minimum Gasteiger partial charge on any atom is -0.329 e.